The molecule has 1 aliphatic rings. The molecule has 0 bridgehead atoms. The Morgan fingerprint density at radius 2 is 1.76 bits per heavy atom. The van der Waals surface area contributed by atoms with Crippen LogP contribution >= 0.6 is 0 Å². The zero-order chi connectivity index (χ0) is 15.8. The van der Waals surface area contributed by atoms with Crippen LogP contribution in [0.25, 0.3) is 0 Å². The zero-order valence-corrected chi connectivity index (χ0v) is 13.7. The molecule has 0 aromatic heterocycles. The molecule has 0 spiro atoms. The minimum Gasteiger partial charge on any atom is -0.491 e. The fourth-order valence-electron chi connectivity index (χ4n) is 2.08. The Balaban J connectivity index is 2.32. The van der Waals surface area contributed by atoms with Gasteiger partial charge in [0.15, 0.2) is 0 Å². The van der Waals surface area contributed by atoms with Gasteiger partial charge in [0.05, 0.1) is 17.3 Å². The predicted molar refractivity (Wildman–Crippen MR) is 82.5 cm³/mol. The molecule has 1 unspecified atom stereocenters. The first kappa shape index (κ1) is 16.3. The van der Waals surface area contributed by atoms with Gasteiger partial charge in [-0.15, -0.1) is 0 Å². The summed E-state index contributed by atoms with van der Waals surface area (Å²) in [5.74, 6) is 0.163. The molecule has 1 fully saturated rings. The molecule has 0 amide bonds. The van der Waals surface area contributed by atoms with Gasteiger partial charge in [-0.3, -0.25) is 0 Å². The average molecular weight is 294 g/mol. The minimum absolute atomic E-state index is 0.00738. The van der Waals surface area contributed by atoms with Crippen LogP contribution < -0.4 is 10.2 Å². The highest BCUT2D eigenvalue weighted by Gasteiger charge is 2.52. The van der Waals surface area contributed by atoms with Crippen molar-refractivity contribution in [1.29, 1.82) is 0 Å². The number of rotatable bonds is 4. The van der Waals surface area contributed by atoms with E-state index in [-0.39, 0.29) is 11.9 Å². The van der Waals surface area contributed by atoms with Crippen molar-refractivity contribution in [3.63, 3.8) is 0 Å². The van der Waals surface area contributed by atoms with Crippen LogP contribution in [0.4, 0.5) is 4.39 Å². The summed E-state index contributed by atoms with van der Waals surface area (Å²) in [5.41, 5.74) is -0.130. The lowest BCUT2D eigenvalue weighted by molar-refractivity contribution is 0.00578. The molecule has 2 rings (SSSR count). The Hall–Kier alpha value is -1.07. The first-order valence-corrected chi connectivity index (χ1v) is 7.48. The molecule has 1 heterocycles. The maximum atomic E-state index is 13.5. The van der Waals surface area contributed by atoms with E-state index in [2.05, 4.69) is 0 Å². The molecule has 5 heteroatoms. The fourth-order valence-corrected chi connectivity index (χ4v) is 2.08. The second-order valence-corrected chi connectivity index (χ2v) is 6.61. The Labute approximate surface area is 126 Å². The van der Waals surface area contributed by atoms with Gasteiger partial charge < -0.3 is 14.0 Å². The molecule has 0 radical (unpaired) electrons. The van der Waals surface area contributed by atoms with Gasteiger partial charge in [-0.05, 0) is 47.1 Å². The molecular formula is C16H24BFO3. The van der Waals surface area contributed by atoms with Crippen molar-refractivity contribution in [2.45, 2.75) is 65.3 Å². The predicted octanol–water partition coefficient (Wildman–Crippen LogP) is 3.30. The molecule has 1 atom stereocenters. The fraction of sp³-hybridized carbons (Fsp3) is 0.625. The first-order chi connectivity index (χ1) is 9.66. The van der Waals surface area contributed by atoms with Gasteiger partial charge in [0.2, 0.25) is 0 Å². The summed E-state index contributed by atoms with van der Waals surface area (Å²) in [7, 11) is -0.547. The van der Waals surface area contributed by atoms with E-state index in [0.717, 1.165) is 11.9 Å². The monoisotopic (exact) mass is 294 g/mol. The molecule has 21 heavy (non-hydrogen) atoms. The molecule has 0 N–H and O–H groups in total. The molecule has 3 nitrogen and oxygen atoms in total. The third-order valence-electron chi connectivity index (χ3n) is 4.39. The standard InChI is InChI=1S/C16H24BFO3/c1-7-11(2)19-14-10-12(18)8-9-13(14)17-20-15(3,4)16(5,6)21-17/h8-11H,7H2,1-6H3. The summed E-state index contributed by atoms with van der Waals surface area (Å²) in [4.78, 5) is 0. The summed E-state index contributed by atoms with van der Waals surface area (Å²) < 4.78 is 31.4. The lowest BCUT2D eigenvalue weighted by atomic mass is 9.78. The van der Waals surface area contributed by atoms with Crippen LogP contribution in [0.15, 0.2) is 18.2 Å². The van der Waals surface area contributed by atoms with E-state index in [4.69, 9.17) is 14.0 Å². The van der Waals surface area contributed by atoms with Crippen LogP contribution in [0.1, 0.15) is 48.0 Å². The van der Waals surface area contributed by atoms with Gasteiger partial charge in [-0.1, -0.05) is 13.0 Å². The molecule has 0 saturated carbocycles. The maximum absolute atomic E-state index is 13.5. The number of hydrogen-bond donors (Lipinski definition) is 0. The smallest absolute Gasteiger partial charge is 0.491 e. The van der Waals surface area contributed by atoms with E-state index in [0.29, 0.717) is 5.75 Å². The summed E-state index contributed by atoms with van der Waals surface area (Å²) in [6.07, 6.45) is 0.854. The number of halogens is 1. The highest BCUT2D eigenvalue weighted by atomic mass is 19.1. The van der Waals surface area contributed by atoms with Crippen LogP contribution in [0, 0.1) is 5.82 Å². The van der Waals surface area contributed by atoms with E-state index in [1.807, 2.05) is 41.5 Å². The summed E-state index contributed by atoms with van der Waals surface area (Å²) >= 11 is 0. The van der Waals surface area contributed by atoms with Crippen LogP contribution in [-0.2, 0) is 9.31 Å². The molecule has 0 aliphatic carbocycles. The van der Waals surface area contributed by atoms with Crippen molar-refractivity contribution < 1.29 is 18.4 Å². The van der Waals surface area contributed by atoms with Crippen LogP contribution in [0.5, 0.6) is 5.75 Å². The highest BCUT2D eigenvalue weighted by molar-refractivity contribution is 6.63. The van der Waals surface area contributed by atoms with E-state index in [9.17, 15) is 4.39 Å². The zero-order valence-electron chi connectivity index (χ0n) is 13.7. The number of hydrogen-bond acceptors (Lipinski definition) is 3. The SMILES string of the molecule is CCC(C)Oc1cc(F)ccc1B1OC(C)(C)C(C)(C)O1. The number of ether oxygens (including phenoxy) is 1. The molecule has 1 aliphatic heterocycles. The third-order valence-corrected chi connectivity index (χ3v) is 4.39. The topological polar surface area (TPSA) is 27.7 Å². The van der Waals surface area contributed by atoms with Gasteiger partial charge in [0.25, 0.3) is 0 Å². The average Bonchev–Trinajstić information content (AvgIpc) is 2.58. The van der Waals surface area contributed by atoms with E-state index in [1.165, 1.54) is 12.1 Å². The minimum atomic E-state index is -0.547. The normalized spacial score (nSPS) is 21.4. The van der Waals surface area contributed by atoms with Crippen molar-refractivity contribution in [3.05, 3.63) is 24.0 Å². The van der Waals surface area contributed by atoms with Crippen molar-refractivity contribution >= 4 is 12.6 Å². The van der Waals surface area contributed by atoms with Crippen LogP contribution in [0.3, 0.4) is 0 Å². The van der Waals surface area contributed by atoms with Crippen LogP contribution in [0.2, 0.25) is 0 Å². The third kappa shape index (κ3) is 3.24. The molecule has 116 valence electrons. The lowest BCUT2D eigenvalue weighted by Gasteiger charge is -2.32. The lowest BCUT2D eigenvalue weighted by Crippen LogP contribution is -2.41. The summed E-state index contributed by atoms with van der Waals surface area (Å²) in [6, 6.07) is 4.48. The van der Waals surface area contributed by atoms with Crippen LogP contribution in [-0.4, -0.2) is 24.4 Å². The second-order valence-electron chi connectivity index (χ2n) is 6.61. The summed E-state index contributed by atoms with van der Waals surface area (Å²) in [5, 5.41) is 0. The van der Waals surface area contributed by atoms with Crippen molar-refractivity contribution in [1.82, 2.24) is 0 Å². The molecular weight excluding hydrogens is 270 g/mol. The Kier molecular flexibility index (Phi) is 4.36. The van der Waals surface area contributed by atoms with Gasteiger partial charge in [-0.2, -0.15) is 0 Å². The quantitative estimate of drug-likeness (QED) is 0.797. The van der Waals surface area contributed by atoms with E-state index >= 15 is 0 Å². The van der Waals surface area contributed by atoms with Gasteiger partial charge in [-0.25, -0.2) is 4.39 Å². The largest absolute Gasteiger partial charge is 0.498 e. The molecule has 1 aromatic carbocycles. The van der Waals surface area contributed by atoms with Crippen molar-refractivity contribution in [3.8, 4) is 5.75 Å². The molecule has 1 aromatic rings. The Bertz CT molecular complexity index is 500. The summed E-state index contributed by atoms with van der Waals surface area (Å²) in [6.45, 7) is 12.0. The maximum Gasteiger partial charge on any atom is 0.498 e. The number of benzene rings is 1. The van der Waals surface area contributed by atoms with Gasteiger partial charge in [0, 0.05) is 11.5 Å². The highest BCUT2D eigenvalue weighted by Crippen LogP contribution is 2.37. The van der Waals surface area contributed by atoms with E-state index < -0.39 is 18.3 Å². The van der Waals surface area contributed by atoms with E-state index in [1.54, 1.807) is 6.07 Å². The molecule has 1 saturated heterocycles. The first-order valence-electron chi connectivity index (χ1n) is 7.48. The van der Waals surface area contributed by atoms with Crippen molar-refractivity contribution in [2.75, 3.05) is 0 Å². The van der Waals surface area contributed by atoms with Crippen molar-refractivity contribution in [2.24, 2.45) is 0 Å². The van der Waals surface area contributed by atoms with Gasteiger partial charge >= 0.3 is 7.12 Å². The Morgan fingerprint density at radius 1 is 1.19 bits per heavy atom. The second kappa shape index (κ2) is 5.62. The van der Waals surface area contributed by atoms with Gasteiger partial charge in [0.1, 0.15) is 11.6 Å². The Morgan fingerprint density at radius 3 is 2.29 bits per heavy atom.